The van der Waals surface area contributed by atoms with Gasteiger partial charge in [0.2, 0.25) is 11.8 Å². The molecule has 2 heterocycles. The summed E-state index contributed by atoms with van der Waals surface area (Å²) < 4.78 is 18.4. The fourth-order valence-electron chi connectivity index (χ4n) is 3.10. The van der Waals surface area contributed by atoms with Crippen LogP contribution in [0.4, 0.5) is 4.39 Å². The molecule has 2 saturated heterocycles. The van der Waals surface area contributed by atoms with Crippen molar-refractivity contribution in [2.24, 2.45) is 5.41 Å². The van der Waals surface area contributed by atoms with Crippen LogP contribution in [-0.2, 0) is 14.3 Å². The molecule has 0 bridgehead atoms. The fraction of sp³-hybridized carbons (Fsp3) is 0.429. The number of rotatable bonds is 1. The summed E-state index contributed by atoms with van der Waals surface area (Å²) >= 11 is 0. The highest BCUT2D eigenvalue weighted by Crippen LogP contribution is 2.47. The summed E-state index contributed by atoms with van der Waals surface area (Å²) in [5.74, 6) is -1.36. The van der Waals surface area contributed by atoms with Crippen molar-refractivity contribution < 1.29 is 18.7 Å². The average Bonchev–Trinajstić information content (AvgIpc) is 2.79. The number of carbonyl (C=O) groups excluding carboxylic acids is 2. The Morgan fingerprint density at radius 1 is 1.26 bits per heavy atom. The van der Waals surface area contributed by atoms with E-state index in [1.807, 2.05) is 0 Å². The quantitative estimate of drug-likeness (QED) is 0.778. The Bertz CT molecular complexity index is 520. The predicted molar refractivity (Wildman–Crippen MR) is 64.8 cm³/mol. The number of imide groups is 1. The Morgan fingerprint density at radius 3 is 2.63 bits per heavy atom. The number of carbonyl (C=O) groups is 2. The van der Waals surface area contributed by atoms with Gasteiger partial charge in [-0.15, -0.1) is 0 Å². The maximum Gasteiger partial charge on any atom is 0.234 e. The van der Waals surface area contributed by atoms with Crippen molar-refractivity contribution in [1.82, 2.24) is 5.32 Å². The summed E-state index contributed by atoms with van der Waals surface area (Å²) in [7, 11) is 0. The van der Waals surface area contributed by atoms with Gasteiger partial charge in [-0.3, -0.25) is 14.9 Å². The molecule has 1 spiro atoms. The molecular weight excluding hydrogens is 249 g/mol. The Morgan fingerprint density at radius 2 is 2.00 bits per heavy atom. The SMILES string of the molecule is O=C1CC2(CCOC2)C(c2ccc(F)cc2)C(=O)N1. The molecule has 19 heavy (non-hydrogen) atoms. The number of ether oxygens (including phenoxy) is 1. The van der Waals surface area contributed by atoms with Crippen LogP contribution in [0.15, 0.2) is 24.3 Å². The second-order valence-electron chi connectivity index (χ2n) is 5.24. The zero-order chi connectivity index (χ0) is 13.5. The third-order valence-corrected chi connectivity index (χ3v) is 3.99. The fourth-order valence-corrected chi connectivity index (χ4v) is 3.10. The molecule has 4 nitrogen and oxygen atoms in total. The molecule has 2 aliphatic heterocycles. The Balaban J connectivity index is 2.02. The molecule has 1 aromatic carbocycles. The Kier molecular flexibility index (Phi) is 2.86. The predicted octanol–water partition coefficient (Wildman–Crippen LogP) is 1.36. The number of hydrogen-bond acceptors (Lipinski definition) is 3. The average molecular weight is 263 g/mol. The van der Waals surface area contributed by atoms with Crippen molar-refractivity contribution in [3.63, 3.8) is 0 Å². The van der Waals surface area contributed by atoms with Crippen LogP contribution in [0, 0.1) is 11.2 Å². The van der Waals surface area contributed by atoms with Crippen molar-refractivity contribution in [2.75, 3.05) is 13.2 Å². The number of halogens is 1. The number of benzene rings is 1. The van der Waals surface area contributed by atoms with Crippen LogP contribution in [0.5, 0.6) is 0 Å². The van der Waals surface area contributed by atoms with Crippen molar-refractivity contribution in [3.8, 4) is 0 Å². The Hall–Kier alpha value is -1.75. The second-order valence-corrected chi connectivity index (χ2v) is 5.24. The molecule has 0 aliphatic carbocycles. The van der Waals surface area contributed by atoms with E-state index in [2.05, 4.69) is 5.32 Å². The molecule has 100 valence electrons. The molecule has 2 aliphatic rings. The van der Waals surface area contributed by atoms with Gasteiger partial charge in [0, 0.05) is 18.4 Å². The first kappa shape index (κ1) is 12.3. The number of hydrogen-bond donors (Lipinski definition) is 1. The molecular formula is C14H14FNO3. The standard InChI is InChI=1S/C14H14FNO3/c15-10-3-1-9(2-4-10)12-13(18)16-11(17)7-14(12)5-6-19-8-14/h1-4,12H,5-8H2,(H,16,17,18). The summed E-state index contributed by atoms with van der Waals surface area (Å²) in [5, 5.41) is 2.37. The molecule has 0 saturated carbocycles. The molecule has 3 rings (SSSR count). The van der Waals surface area contributed by atoms with E-state index in [0.717, 1.165) is 5.56 Å². The lowest BCUT2D eigenvalue weighted by atomic mass is 9.67. The van der Waals surface area contributed by atoms with Crippen LogP contribution in [-0.4, -0.2) is 25.0 Å². The van der Waals surface area contributed by atoms with Crippen molar-refractivity contribution in [1.29, 1.82) is 0 Å². The lowest BCUT2D eigenvalue weighted by Crippen LogP contribution is -2.51. The molecule has 0 radical (unpaired) electrons. The first-order valence-electron chi connectivity index (χ1n) is 6.28. The summed E-state index contributed by atoms with van der Waals surface area (Å²) in [6.07, 6.45) is 0.953. The van der Waals surface area contributed by atoms with Gasteiger partial charge in [-0.1, -0.05) is 12.1 Å². The van der Waals surface area contributed by atoms with E-state index in [-0.39, 0.29) is 24.1 Å². The normalized spacial score (nSPS) is 30.7. The number of amides is 2. The summed E-state index contributed by atoms with van der Waals surface area (Å²) in [6, 6.07) is 5.88. The monoisotopic (exact) mass is 263 g/mol. The molecule has 2 unspecified atom stereocenters. The van der Waals surface area contributed by atoms with Gasteiger partial charge in [0.25, 0.3) is 0 Å². The molecule has 2 amide bonds. The lowest BCUT2D eigenvalue weighted by molar-refractivity contribution is -0.140. The van der Waals surface area contributed by atoms with Gasteiger partial charge in [0.05, 0.1) is 12.5 Å². The molecule has 0 aromatic heterocycles. The second kappa shape index (κ2) is 4.42. The molecule has 2 fully saturated rings. The zero-order valence-corrected chi connectivity index (χ0v) is 10.3. The first-order valence-corrected chi connectivity index (χ1v) is 6.28. The largest absolute Gasteiger partial charge is 0.381 e. The number of piperidine rings is 1. The minimum absolute atomic E-state index is 0.256. The van der Waals surface area contributed by atoms with Gasteiger partial charge in [-0.2, -0.15) is 0 Å². The van der Waals surface area contributed by atoms with Gasteiger partial charge in [-0.25, -0.2) is 4.39 Å². The smallest absolute Gasteiger partial charge is 0.234 e. The van der Waals surface area contributed by atoms with E-state index in [1.54, 1.807) is 12.1 Å². The van der Waals surface area contributed by atoms with Gasteiger partial charge in [-0.05, 0) is 24.1 Å². The van der Waals surface area contributed by atoms with E-state index < -0.39 is 11.3 Å². The van der Waals surface area contributed by atoms with Crippen molar-refractivity contribution >= 4 is 11.8 Å². The third kappa shape index (κ3) is 2.04. The molecule has 1 N–H and O–H groups in total. The van der Waals surface area contributed by atoms with Crippen molar-refractivity contribution in [2.45, 2.75) is 18.8 Å². The molecule has 5 heteroatoms. The molecule has 2 atom stereocenters. The van der Waals surface area contributed by atoms with E-state index in [1.165, 1.54) is 12.1 Å². The topological polar surface area (TPSA) is 55.4 Å². The zero-order valence-electron chi connectivity index (χ0n) is 10.3. The molecule has 1 aromatic rings. The van der Waals surface area contributed by atoms with Gasteiger partial charge in [0.1, 0.15) is 5.82 Å². The van der Waals surface area contributed by atoms with E-state index in [0.29, 0.717) is 19.6 Å². The Labute approximate surface area is 109 Å². The summed E-state index contributed by atoms with van der Waals surface area (Å²) in [6.45, 7) is 0.951. The van der Waals surface area contributed by atoms with Crippen LogP contribution in [0.3, 0.4) is 0 Å². The highest BCUT2D eigenvalue weighted by atomic mass is 19.1. The first-order chi connectivity index (χ1) is 9.11. The van der Waals surface area contributed by atoms with Gasteiger partial charge < -0.3 is 4.74 Å². The third-order valence-electron chi connectivity index (χ3n) is 3.99. The van der Waals surface area contributed by atoms with E-state index >= 15 is 0 Å². The minimum atomic E-state index is -0.475. The van der Waals surface area contributed by atoms with Crippen LogP contribution in [0.2, 0.25) is 0 Å². The summed E-state index contributed by atoms with van der Waals surface area (Å²) in [5.41, 5.74) is 0.258. The summed E-state index contributed by atoms with van der Waals surface area (Å²) in [4.78, 5) is 23.8. The van der Waals surface area contributed by atoms with Gasteiger partial charge in [0.15, 0.2) is 0 Å². The maximum atomic E-state index is 13.0. The van der Waals surface area contributed by atoms with Crippen LogP contribution in [0.25, 0.3) is 0 Å². The van der Waals surface area contributed by atoms with Crippen LogP contribution in [0.1, 0.15) is 24.3 Å². The van der Waals surface area contributed by atoms with E-state index in [4.69, 9.17) is 4.74 Å². The highest BCUT2D eigenvalue weighted by Gasteiger charge is 2.51. The van der Waals surface area contributed by atoms with Crippen molar-refractivity contribution in [3.05, 3.63) is 35.6 Å². The number of nitrogens with one attached hydrogen (secondary N) is 1. The maximum absolute atomic E-state index is 13.0. The van der Waals surface area contributed by atoms with Crippen LogP contribution >= 0.6 is 0 Å². The van der Waals surface area contributed by atoms with E-state index in [9.17, 15) is 14.0 Å². The van der Waals surface area contributed by atoms with Crippen LogP contribution < -0.4 is 5.32 Å². The highest BCUT2D eigenvalue weighted by molar-refractivity contribution is 6.02. The van der Waals surface area contributed by atoms with Gasteiger partial charge >= 0.3 is 0 Å². The lowest BCUT2D eigenvalue weighted by Gasteiger charge is -2.38. The minimum Gasteiger partial charge on any atom is -0.381 e.